The molecular formula is C11H19N5O. The standard InChI is InChI=1S/C11H19N5O/c1-2-12-7-10-8-16(15-14-10)6-5-11(17)13-9-3-4-9/h8-9,12H,2-7H2,1H3,(H,13,17). The van der Waals surface area contributed by atoms with E-state index >= 15 is 0 Å². The van der Waals surface area contributed by atoms with Gasteiger partial charge in [0.1, 0.15) is 0 Å². The minimum Gasteiger partial charge on any atom is -0.353 e. The fourth-order valence-electron chi connectivity index (χ4n) is 1.53. The molecule has 1 fully saturated rings. The summed E-state index contributed by atoms with van der Waals surface area (Å²) in [5.41, 5.74) is 0.912. The molecule has 6 heteroatoms. The smallest absolute Gasteiger partial charge is 0.222 e. The highest BCUT2D eigenvalue weighted by atomic mass is 16.1. The second-order valence-electron chi connectivity index (χ2n) is 4.35. The van der Waals surface area contributed by atoms with Crippen LogP contribution in [0.25, 0.3) is 0 Å². The van der Waals surface area contributed by atoms with Crippen molar-refractivity contribution in [1.82, 2.24) is 25.6 Å². The molecule has 17 heavy (non-hydrogen) atoms. The van der Waals surface area contributed by atoms with Crippen LogP contribution in [-0.2, 0) is 17.9 Å². The monoisotopic (exact) mass is 237 g/mol. The number of aryl methyl sites for hydroxylation is 1. The van der Waals surface area contributed by atoms with Gasteiger partial charge in [0.25, 0.3) is 0 Å². The quantitative estimate of drug-likeness (QED) is 0.703. The van der Waals surface area contributed by atoms with E-state index < -0.39 is 0 Å². The van der Waals surface area contributed by atoms with Crippen molar-refractivity contribution in [2.75, 3.05) is 6.54 Å². The Bertz CT molecular complexity index is 372. The lowest BCUT2D eigenvalue weighted by Crippen LogP contribution is -2.26. The lowest BCUT2D eigenvalue weighted by Gasteiger charge is -2.02. The molecule has 0 unspecified atom stereocenters. The van der Waals surface area contributed by atoms with Gasteiger partial charge in [-0.25, -0.2) is 0 Å². The average Bonchev–Trinajstić information content (AvgIpc) is 3.01. The third-order valence-corrected chi connectivity index (χ3v) is 2.65. The maximum atomic E-state index is 11.5. The first kappa shape index (κ1) is 12.0. The second-order valence-corrected chi connectivity index (χ2v) is 4.35. The summed E-state index contributed by atoms with van der Waals surface area (Å²) >= 11 is 0. The van der Waals surface area contributed by atoms with Gasteiger partial charge in [0.15, 0.2) is 0 Å². The molecule has 0 aliphatic heterocycles. The predicted molar refractivity (Wildman–Crippen MR) is 63.2 cm³/mol. The van der Waals surface area contributed by atoms with Gasteiger partial charge in [-0.2, -0.15) is 0 Å². The highest BCUT2D eigenvalue weighted by Crippen LogP contribution is 2.18. The maximum Gasteiger partial charge on any atom is 0.222 e. The van der Waals surface area contributed by atoms with Gasteiger partial charge in [0, 0.05) is 25.2 Å². The fourth-order valence-corrected chi connectivity index (χ4v) is 1.53. The number of carbonyl (C=O) groups excluding carboxylic acids is 1. The van der Waals surface area contributed by atoms with Crippen molar-refractivity contribution in [3.63, 3.8) is 0 Å². The Hall–Kier alpha value is -1.43. The van der Waals surface area contributed by atoms with Crippen LogP contribution in [0.2, 0.25) is 0 Å². The number of hydrogen-bond acceptors (Lipinski definition) is 4. The van der Waals surface area contributed by atoms with Crippen LogP contribution in [0.5, 0.6) is 0 Å². The van der Waals surface area contributed by atoms with Crippen molar-refractivity contribution < 1.29 is 4.79 Å². The minimum atomic E-state index is 0.108. The summed E-state index contributed by atoms with van der Waals surface area (Å²) in [6.07, 6.45) is 4.61. The molecule has 0 aromatic carbocycles. The third-order valence-electron chi connectivity index (χ3n) is 2.65. The molecule has 0 bridgehead atoms. The first-order chi connectivity index (χ1) is 8.28. The Labute approximate surface area is 101 Å². The van der Waals surface area contributed by atoms with E-state index in [4.69, 9.17) is 0 Å². The molecule has 1 aromatic rings. The Morgan fingerprint density at radius 2 is 2.41 bits per heavy atom. The van der Waals surface area contributed by atoms with Gasteiger partial charge in [-0.1, -0.05) is 12.1 Å². The molecule has 94 valence electrons. The normalized spacial score (nSPS) is 14.9. The third kappa shape index (κ3) is 4.14. The van der Waals surface area contributed by atoms with Gasteiger partial charge in [-0.3, -0.25) is 9.48 Å². The topological polar surface area (TPSA) is 71.8 Å². The van der Waals surface area contributed by atoms with Crippen LogP contribution in [-0.4, -0.2) is 33.5 Å². The minimum absolute atomic E-state index is 0.108. The maximum absolute atomic E-state index is 11.5. The summed E-state index contributed by atoms with van der Waals surface area (Å²) < 4.78 is 1.72. The van der Waals surface area contributed by atoms with Crippen LogP contribution in [0.1, 0.15) is 31.9 Å². The number of rotatable bonds is 7. The fraction of sp³-hybridized carbons (Fsp3) is 0.727. The van der Waals surface area contributed by atoms with E-state index in [-0.39, 0.29) is 5.91 Å². The lowest BCUT2D eigenvalue weighted by atomic mass is 10.4. The summed E-state index contributed by atoms with van der Waals surface area (Å²) in [5.74, 6) is 0.108. The zero-order valence-electron chi connectivity index (χ0n) is 10.1. The van der Waals surface area contributed by atoms with Gasteiger partial charge in [-0.05, 0) is 19.4 Å². The second kappa shape index (κ2) is 5.77. The van der Waals surface area contributed by atoms with Gasteiger partial charge >= 0.3 is 0 Å². The number of amides is 1. The highest BCUT2D eigenvalue weighted by molar-refractivity contribution is 5.76. The van der Waals surface area contributed by atoms with Crippen molar-refractivity contribution in [2.45, 2.75) is 45.3 Å². The van der Waals surface area contributed by atoms with E-state index in [9.17, 15) is 4.79 Å². The number of aromatic nitrogens is 3. The van der Waals surface area contributed by atoms with E-state index in [2.05, 4.69) is 20.9 Å². The van der Waals surface area contributed by atoms with Crippen molar-refractivity contribution >= 4 is 5.91 Å². The molecule has 2 N–H and O–H groups in total. The summed E-state index contributed by atoms with van der Waals surface area (Å²) in [6, 6.07) is 0.433. The predicted octanol–water partition coefficient (Wildman–Crippen LogP) is 0.0563. The summed E-state index contributed by atoms with van der Waals surface area (Å²) in [5, 5.41) is 14.1. The van der Waals surface area contributed by atoms with E-state index in [1.807, 2.05) is 13.1 Å². The molecule has 1 aliphatic carbocycles. The first-order valence-electron chi connectivity index (χ1n) is 6.17. The van der Waals surface area contributed by atoms with Gasteiger partial charge in [0.2, 0.25) is 5.91 Å². The SMILES string of the molecule is CCNCc1cn(CCC(=O)NC2CC2)nn1. The molecule has 1 heterocycles. The molecular weight excluding hydrogens is 218 g/mol. The van der Waals surface area contributed by atoms with Crippen molar-refractivity contribution in [1.29, 1.82) is 0 Å². The molecule has 1 aliphatic rings. The molecule has 0 spiro atoms. The van der Waals surface area contributed by atoms with Gasteiger partial charge in [-0.15, -0.1) is 5.10 Å². The zero-order chi connectivity index (χ0) is 12.1. The molecule has 0 saturated heterocycles. The Morgan fingerprint density at radius 1 is 1.59 bits per heavy atom. The van der Waals surface area contributed by atoms with Crippen LogP contribution in [0.4, 0.5) is 0 Å². The first-order valence-corrected chi connectivity index (χ1v) is 6.17. The largest absolute Gasteiger partial charge is 0.353 e. The zero-order valence-corrected chi connectivity index (χ0v) is 10.1. The van der Waals surface area contributed by atoms with Crippen molar-refractivity contribution in [3.05, 3.63) is 11.9 Å². The number of hydrogen-bond donors (Lipinski definition) is 2. The summed E-state index contributed by atoms with van der Waals surface area (Å²) in [6.45, 7) is 4.28. The van der Waals surface area contributed by atoms with Crippen LogP contribution in [0.3, 0.4) is 0 Å². The average molecular weight is 237 g/mol. The molecule has 0 atom stereocenters. The molecule has 2 rings (SSSR count). The van der Waals surface area contributed by atoms with E-state index in [0.29, 0.717) is 19.0 Å². The molecule has 1 aromatic heterocycles. The van der Waals surface area contributed by atoms with E-state index in [1.165, 1.54) is 0 Å². The molecule has 6 nitrogen and oxygen atoms in total. The van der Waals surface area contributed by atoms with Crippen LogP contribution in [0, 0.1) is 0 Å². The Balaban J connectivity index is 1.70. The van der Waals surface area contributed by atoms with Crippen LogP contribution >= 0.6 is 0 Å². The van der Waals surface area contributed by atoms with Gasteiger partial charge in [0.05, 0.1) is 12.2 Å². The molecule has 1 saturated carbocycles. The van der Waals surface area contributed by atoms with E-state index in [1.54, 1.807) is 4.68 Å². The van der Waals surface area contributed by atoms with E-state index in [0.717, 1.165) is 31.6 Å². The Kier molecular flexibility index (Phi) is 4.08. The number of nitrogens with zero attached hydrogens (tertiary/aromatic N) is 3. The lowest BCUT2D eigenvalue weighted by molar-refractivity contribution is -0.121. The molecule has 1 amide bonds. The summed E-state index contributed by atoms with van der Waals surface area (Å²) in [7, 11) is 0. The molecule has 0 radical (unpaired) electrons. The Morgan fingerprint density at radius 3 is 3.12 bits per heavy atom. The van der Waals surface area contributed by atoms with Crippen LogP contribution in [0.15, 0.2) is 6.20 Å². The van der Waals surface area contributed by atoms with Gasteiger partial charge < -0.3 is 10.6 Å². The van der Waals surface area contributed by atoms with Crippen molar-refractivity contribution in [3.8, 4) is 0 Å². The number of nitrogens with one attached hydrogen (secondary N) is 2. The summed E-state index contributed by atoms with van der Waals surface area (Å²) in [4.78, 5) is 11.5. The van der Waals surface area contributed by atoms with Crippen LogP contribution < -0.4 is 10.6 Å². The van der Waals surface area contributed by atoms with Crippen molar-refractivity contribution in [2.24, 2.45) is 0 Å². The number of carbonyl (C=O) groups is 1. The highest BCUT2D eigenvalue weighted by Gasteiger charge is 2.22.